The molecule has 0 spiro atoms. The van der Waals surface area contributed by atoms with Crippen LogP contribution in [0.1, 0.15) is 17.2 Å². The van der Waals surface area contributed by atoms with Crippen molar-refractivity contribution in [2.45, 2.75) is 6.04 Å². The second kappa shape index (κ2) is 8.35. The second-order valence-corrected chi connectivity index (χ2v) is 8.54. The molecule has 1 aliphatic rings. The molecule has 1 amide bonds. The number of fused-ring (bicyclic) bond motifs is 1. The van der Waals surface area contributed by atoms with Crippen molar-refractivity contribution in [2.24, 2.45) is 0 Å². The van der Waals surface area contributed by atoms with Crippen LogP contribution in [-0.2, 0) is 9.59 Å². The molecule has 0 bridgehead atoms. The zero-order valence-electron chi connectivity index (χ0n) is 17.7. The van der Waals surface area contributed by atoms with E-state index in [4.69, 9.17) is 4.74 Å². The smallest absolute Gasteiger partial charge is 0.301 e. The Morgan fingerprint density at radius 2 is 1.79 bits per heavy atom. The third kappa shape index (κ3) is 3.50. The van der Waals surface area contributed by atoms with E-state index >= 15 is 0 Å². The number of carbonyl (C=O) groups is 2. The molecule has 9 heteroatoms. The van der Waals surface area contributed by atoms with Crippen molar-refractivity contribution in [3.63, 3.8) is 0 Å². The van der Waals surface area contributed by atoms with Gasteiger partial charge in [0.15, 0.2) is 5.13 Å². The number of ketones is 1. The van der Waals surface area contributed by atoms with E-state index in [0.717, 1.165) is 28.4 Å². The van der Waals surface area contributed by atoms with E-state index in [1.165, 1.54) is 37.4 Å². The van der Waals surface area contributed by atoms with Crippen molar-refractivity contribution in [1.82, 2.24) is 4.98 Å². The number of carbonyl (C=O) groups excluding carboxylic acids is 2. The molecule has 1 N–H and O–H groups in total. The molecule has 1 fully saturated rings. The minimum atomic E-state index is -1.27. The lowest BCUT2D eigenvalue weighted by molar-refractivity contribution is -0.132. The van der Waals surface area contributed by atoms with Gasteiger partial charge in [0.1, 0.15) is 29.2 Å². The first kappa shape index (κ1) is 21.7. The number of hydrogen-bond donors (Lipinski definition) is 1. The van der Waals surface area contributed by atoms with Crippen LogP contribution >= 0.6 is 11.3 Å². The summed E-state index contributed by atoms with van der Waals surface area (Å²) in [5.41, 5.74) is 0.393. The Morgan fingerprint density at radius 3 is 2.50 bits per heavy atom. The van der Waals surface area contributed by atoms with Crippen molar-refractivity contribution >= 4 is 44.1 Å². The molecule has 4 aromatic rings. The summed E-state index contributed by atoms with van der Waals surface area (Å²) in [7, 11) is 1.52. The van der Waals surface area contributed by atoms with Gasteiger partial charge in [-0.05, 0) is 48.5 Å². The Hall–Kier alpha value is -4.11. The SMILES string of the molecule is COc1ccc2nc(N3C(=O)C(=O)/C(=C(/O)c4ccc(F)cc4)[C@H]3c3ccccc3F)sc2c1. The van der Waals surface area contributed by atoms with Crippen LogP contribution in [0.5, 0.6) is 5.75 Å². The molecule has 0 unspecified atom stereocenters. The number of benzene rings is 3. The molecule has 2 heterocycles. The van der Waals surface area contributed by atoms with E-state index in [1.807, 2.05) is 0 Å². The van der Waals surface area contributed by atoms with E-state index in [0.29, 0.717) is 16.0 Å². The van der Waals surface area contributed by atoms with Crippen LogP contribution in [-0.4, -0.2) is 28.9 Å². The van der Waals surface area contributed by atoms with E-state index < -0.39 is 35.1 Å². The van der Waals surface area contributed by atoms with Gasteiger partial charge in [0.25, 0.3) is 5.78 Å². The standard InChI is InChI=1S/C25H16F2N2O4S/c1-33-15-10-11-18-19(12-15)34-25(28-18)29-21(16-4-2-3-5-17(16)27)20(23(31)24(29)32)22(30)13-6-8-14(26)9-7-13/h2-12,21,30H,1H3/b22-20+/t21-/m1/s1. The average molecular weight is 478 g/mol. The van der Waals surface area contributed by atoms with E-state index in [1.54, 1.807) is 24.3 Å². The highest BCUT2D eigenvalue weighted by molar-refractivity contribution is 7.22. The largest absolute Gasteiger partial charge is 0.507 e. The topological polar surface area (TPSA) is 79.7 Å². The molecular weight excluding hydrogens is 462 g/mol. The van der Waals surface area contributed by atoms with E-state index in [2.05, 4.69) is 4.98 Å². The first-order valence-electron chi connectivity index (χ1n) is 10.1. The predicted molar refractivity (Wildman–Crippen MR) is 124 cm³/mol. The summed E-state index contributed by atoms with van der Waals surface area (Å²) in [4.78, 5) is 31.9. The zero-order chi connectivity index (χ0) is 24.0. The lowest BCUT2D eigenvalue weighted by Crippen LogP contribution is -2.29. The lowest BCUT2D eigenvalue weighted by atomic mass is 9.95. The number of amides is 1. The van der Waals surface area contributed by atoms with Crippen molar-refractivity contribution in [2.75, 3.05) is 12.0 Å². The number of hydrogen-bond acceptors (Lipinski definition) is 6. The minimum absolute atomic E-state index is 0.0159. The van der Waals surface area contributed by atoms with Crippen LogP contribution in [0.3, 0.4) is 0 Å². The van der Waals surface area contributed by atoms with Gasteiger partial charge in [0.05, 0.1) is 22.9 Å². The van der Waals surface area contributed by atoms with Gasteiger partial charge in [0.2, 0.25) is 0 Å². The lowest BCUT2D eigenvalue weighted by Gasteiger charge is -2.23. The van der Waals surface area contributed by atoms with E-state index in [9.17, 15) is 23.5 Å². The average Bonchev–Trinajstić information content (AvgIpc) is 3.37. The number of aliphatic hydroxyl groups excluding tert-OH is 1. The number of aliphatic hydroxyl groups is 1. The van der Waals surface area contributed by atoms with Gasteiger partial charge in [-0.3, -0.25) is 14.5 Å². The van der Waals surface area contributed by atoms with Gasteiger partial charge in [-0.1, -0.05) is 29.5 Å². The molecule has 0 saturated carbocycles. The maximum absolute atomic E-state index is 14.9. The van der Waals surface area contributed by atoms with Gasteiger partial charge in [-0.15, -0.1) is 0 Å². The number of anilines is 1. The Bertz CT molecular complexity index is 1480. The number of thiazole rings is 1. The highest BCUT2D eigenvalue weighted by atomic mass is 32.1. The molecule has 170 valence electrons. The number of ether oxygens (including phenoxy) is 1. The van der Waals surface area contributed by atoms with Crippen LogP contribution in [0.2, 0.25) is 0 Å². The van der Waals surface area contributed by atoms with Gasteiger partial charge >= 0.3 is 5.91 Å². The fourth-order valence-electron chi connectivity index (χ4n) is 3.91. The first-order chi connectivity index (χ1) is 16.4. The highest BCUT2D eigenvalue weighted by Gasteiger charge is 2.49. The van der Waals surface area contributed by atoms with Crippen LogP contribution in [0, 0.1) is 11.6 Å². The van der Waals surface area contributed by atoms with Gasteiger partial charge in [0, 0.05) is 11.1 Å². The fraction of sp³-hybridized carbons (Fsp3) is 0.0800. The molecule has 34 heavy (non-hydrogen) atoms. The number of rotatable bonds is 4. The van der Waals surface area contributed by atoms with Crippen LogP contribution in [0.15, 0.2) is 72.3 Å². The summed E-state index contributed by atoms with van der Waals surface area (Å²) in [6.07, 6.45) is 0. The summed E-state index contributed by atoms with van der Waals surface area (Å²) in [6.45, 7) is 0. The number of aromatic nitrogens is 1. The number of Topliss-reactive ketones (excluding diaryl/α,β-unsaturated/α-hetero) is 1. The molecule has 1 aliphatic heterocycles. The number of methoxy groups -OCH3 is 1. The van der Waals surface area contributed by atoms with Crippen molar-refractivity contribution in [3.8, 4) is 5.75 Å². The molecule has 0 radical (unpaired) electrons. The third-order valence-electron chi connectivity index (χ3n) is 5.55. The monoisotopic (exact) mass is 478 g/mol. The maximum Gasteiger partial charge on any atom is 0.301 e. The molecule has 0 aliphatic carbocycles. The summed E-state index contributed by atoms with van der Waals surface area (Å²) >= 11 is 1.13. The summed E-state index contributed by atoms with van der Waals surface area (Å²) in [5, 5.41) is 11.2. The van der Waals surface area contributed by atoms with Crippen molar-refractivity contribution in [1.29, 1.82) is 0 Å². The summed E-state index contributed by atoms with van der Waals surface area (Å²) in [5.74, 6) is -3.09. The minimum Gasteiger partial charge on any atom is -0.507 e. The quantitative estimate of drug-likeness (QED) is 0.248. The summed E-state index contributed by atoms with van der Waals surface area (Å²) in [6, 6.07) is 14.4. The van der Waals surface area contributed by atoms with Gasteiger partial charge in [-0.2, -0.15) is 0 Å². The third-order valence-corrected chi connectivity index (χ3v) is 6.57. The van der Waals surface area contributed by atoms with E-state index in [-0.39, 0.29) is 21.8 Å². The van der Waals surface area contributed by atoms with Crippen molar-refractivity contribution in [3.05, 3.63) is 95.1 Å². The molecule has 1 atom stereocenters. The Labute approximate surface area is 196 Å². The number of nitrogens with zero attached hydrogens (tertiary/aromatic N) is 2. The molecule has 6 nitrogen and oxygen atoms in total. The zero-order valence-corrected chi connectivity index (χ0v) is 18.5. The van der Waals surface area contributed by atoms with Gasteiger partial charge < -0.3 is 9.84 Å². The second-order valence-electron chi connectivity index (χ2n) is 7.53. The molecule has 3 aromatic carbocycles. The summed E-state index contributed by atoms with van der Waals surface area (Å²) < 4.78 is 34.3. The Kier molecular flexibility index (Phi) is 5.33. The molecule has 1 aromatic heterocycles. The maximum atomic E-state index is 14.9. The van der Waals surface area contributed by atoms with Crippen LogP contribution in [0.25, 0.3) is 16.0 Å². The van der Waals surface area contributed by atoms with Crippen LogP contribution < -0.4 is 9.64 Å². The van der Waals surface area contributed by atoms with Crippen LogP contribution in [0.4, 0.5) is 13.9 Å². The number of halogens is 2. The predicted octanol–water partition coefficient (Wildman–Crippen LogP) is 5.21. The molecule has 5 rings (SSSR count). The first-order valence-corrected chi connectivity index (χ1v) is 11.0. The Balaban J connectivity index is 1.73. The molecule has 1 saturated heterocycles. The Morgan fingerprint density at radius 1 is 1.06 bits per heavy atom. The normalized spacial score (nSPS) is 17.5. The van der Waals surface area contributed by atoms with Crippen molar-refractivity contribution < 1.29 is 28.2 Å². The molecular formula is C25H16F2N2O4S. The fourth-order valence-corrected chi connectivity index (χ4v) is 4.93. The van der Waals surface area contributed by atoms with Gasteiger partial charge in [-0.25, -0.2) is 13.8 Å². The highest BCUT2D eigenvalue weighted by Crippen LogP contribution is 2.45.